The lowest BCUT2D eigenvalue weighted by Crippen LogP contribution is -2.38. The summed E-state index contributed by atoms with van der Waals surface area (Å²) < 4.78 is 2.17. The van der Waals surface area contributed by atoms with Crippen LogP contribution in [0.3, 0.4) is 0 Å². The average Bonchev–Trinajstić information content (AvgIpc) is 3.19. The van der Waals surface area contributed by atoms with E-state index in [9.17, 15) is 0 Å². The van der Waals surface area contributed by atoms with E-state index in [1.807, 2.05) is 0 Å². The van der Waals surface area contributed by atoms with Crippen molar-refractivity contribution < 1.29 is 0 Å². The molecule has 1 saturated carbocycles. The molecule has 2 aromatic rings. The molecule has 0 spiro atoms. The Morgan fingerprint density at radius 2 is 2.14 bits per heavy atom. The van der Waals surface area contributed by atoms with Crippen LogP contribution in [-0.4, -0.2) is 15.8 Å². The van der Waals surface area contributed by atoms with E-state index in [-0.39, 0.29) is 6.04 Å². The highest BCUT2D eigenvalue weighted by Gasteiger charge is 2.17. The second-order valence-corrected chi connectivity index (χ2v) is 6.76. The summed E-state index contributed by atoms with van der Waals surface area (Å²) in [6.07, 6.45) is 10.6. The summed E-state index contributed by atoms with van der Waals surface area (Å²) in [4.78, 5) is 0. The highest BCUT2D eigenvalue weighted by molar-refractivity contribution is 7.07. The summed E-state index contributed by atoms with van der Waals surface area (Å²) in [6.45, 7) is 0. The van der Waals surface area contributed by atoms with Crippen LogP contribution in [0.1, 0.15) is 49.4 Å². The van der Waals surface area contributed by atoms with Crippen LogP contribution in [0, 0.1) is 0 Å². The molecule has 3 N–H and O–H groups in total. The second-order valence-electron chi connectivity index (χ2n) is 5.98. The Hall–Kier alpha value is -1.17. The lowest BCUT2D eigenvalue weighted by Gasteiger charge is -2.22. The first kappa shape index (κ1) is 14.8. The first-order chi connectivity index (χ1) is 10.3. The fraction of sp³-hybridized carbons (Fsp3) is 0.562. The Labute approximate surface area is 130 Å². The number of nitrogens with zero attached hydrogens (tertiary/aromatic N) is 2. The monoisotopic (exact) mass is 304 g/mol. The van der Waals surface area contributed by atoms with Crippen LogP contribution < -0.4 is 11.3 Å². The normalized spacial score (nSPS) is 18.0. The third-order valence-electron chi connectivity index (χ3n) is 4.37. The van der Waals surface area contributed by atoms with Gasteiger partial charge in [-0.15, -0.1) is 0 Å². The van der Waals surface area contributed by atoms with E-state index >= 15 is 0 Å². The van der Waals surface area contributed by atoms with E-state index in [1.165, 1.54) is 37.7 Å². The van der Waals surface area contributed by atoms with E-state index in [2.05, 4.69) is 39.2 Å². The number of thiophene rings is 1. The average molecular weight is 304 g/mol. The molecule has 0 aromatic carbocycles. The second kappa shape index (κ2) is 7.20. The Morgan fingerprint density at radius 1 is 1.29 bits per heavy atom. The summed E-state index contributed by atoms with van der Waals surface area (Å²) >= 11 is 1.73. The van der Waals surface area contributed by atoms with E-state index < -0.39 is 0 Å². The van der Waals surface area contributed by atoms with Gasteiger partial charge in [-0.25, -0.2) is 0 Å². The van der Waals surface area contributed by atoms with Crippen molar-refractivity contribution in [3.8, 4) is 0 Å². The Morgan fingerprint density at radius 3 is 2.86 bits per heavy atom. The van der Waals surface area contributed by atoms with E-state index in [0.29, 0.717) is 6.04 Å². The third kappa shape index (κ3) is 3.93. The van der Waals surface area contributed by atoms with Crippen LogP contribution in [0.2, 0.25) is 0 Å². The van der Waals surface area contributed by atoms with Crippen molar-refractivity contribution in [2.24, 2.45) is 5.84 Å². The lowest BCUT2D eigenvalue weighted by atomic mass is 9.96. The van der Waals surface area contributed by atoms with Gasteiger partial charge in [0.2, 0.25) is 0 Å². The zero-order chi connectivity index (χ0) is 14.5. The minimum Gasteiger partial charge on any atom is -0.271 e. The molecule has 1 aliphatic rings. The molecular formula is C16H24N4S. The molecule has 0 saturated heterocycles. The van der Waals surface area contributed by atoms with Gasteiger partial charge in [0.25, 0.3) is 0 Å². The number of nitrogens with one attached hydrogen (secondary N) is 1. The van der Waals surface area contributed by atoms with Gasteiger partial charge in [0.05, 0.1) is 11.7 Å². The molecule has 1 atom stereocenters. The quantitative estimate of drug-likeness (QED) is 0.637. The topological polar surface area (TPSA) is 55.9 Å². The molecule has 4 nitrogen and oxygen atoms in total. The van der Waals surface area contributed by atoms with E-state index in [1.54, 1.807) is 11.3 Å². The fourth-order valence-electron chi connectivity index (χ4n) is 3.17. The minimum atomic E-state index is 0.245. The van der Waals surface area contributed by atoms with Crippen molar-refractivity contribution in [1.29, 1.82) is 0 Å². The molecule has 21 heavy (non-hydrogen) atoms. The molecular weight excluding hydrogens is 280 g/mol. The smallest absolute Gasteiger partial charge is 0.0640 e. The van der Waals surface area contributed by atoms with Crippen LogP contribution in [0.15, 0.2) is 29.1 Å². The molecule has 3 rings (SSSR count). The van der Waals surface area contributed by atoms with Gasteiger partial charge in [0.1, 0.15) is 0 Å². The van der Waals surface area contributed by atoms with Crippen molar-refractivity contribution in [1.82, 2.24) is 15.2 Å². The van der Waals surface area contributed by atoms with Crippen molar-refractivity contribution in [2.45, 2.75) is 57.0 Å². The molecule has 0 aliphatic heterocycles. The predicted molar refractivity (Wildman–Crippen MR) is 87.2 cm³/mol. The van der Waals surface area contributed by atoms with Gasteiger partial charge < -0.3 is 0 Å². The van der Waals surface area contributed by atoms with E-state index in [0.717, 1.165) is 18.5 Å². The van der Waals surface area contributed by atoms with Gasteiger partial charge in [0.15, 0.2) is 0 Å². The molecule has 0 bridgehead atoms. The van der Waals surface area contributed by atoms with Crippen LogP contribution in [0.4, 0.5) is 0 Å². The molecule has 1 fully saturated rings. The maximum atomic E-state index is 5.71. The number of nitrogens with two attached hydrogens (primary N) is 1. The van der Waals surface area contributed by atoms with Gasteiger partial charge in [0, 0.05) is 18.7 Å². The summed E-state index contributed by atoms with van der Waals surface area (Å²) in [5.41, 5.74) is 5.41. The molecule has 2 heterocycles. The predicted octanol–water partition coefficient (Wildman–Crippen LogP) is 3.07. The number of hydrogen-bond donors (Lipinski definition) is 2. The molecule has 1 aliphatic carbocycles. The van der Waals surface area contributed by atoms with Crippen LogP contribution in [0.5, 0.6) is 0 Å². The van der Waals surface area contributed by atoms with Crippen molar-refractivity contribution >= 4 is 11.3 Å². The minimum absolute atomic E-state index is 0.245. The van der Waals surface area contributed by atoms with Crippen LogP contribution in [-0.2, 0) is 12.8 Å². The van der Waals surface area contributed by atoms with Gasteiger partial charge in [-0.1, -0.05) is 19.3 Å². The number of aromatic nitrogens is 2. The fourth-order valence-corrected chi connectivity index (χ4v) is 3.85. The third-order valence-corrected chi connectivity index (χ3v) is 5.10. The maximum absolute atomic E-state index is 5.71. The molecule has 0 radical (unpaired) electrons. The van der Waals surface area contributed by atoms with Crippen molar-refractivity contribution in [2.75, 3.05) is 0 Å². The zero-order valence-corrected chi connectivity index (χ0v) is 13.2. The van der Waals surface area contributed by atoms with Crippen molar-refractivity contribution in [3.05, 3.63) is 40.3 Å². The first-order valence-corrected chi connectivity index (χ1v) is 8.80. The van der Waals surface area contributed by atoms with Gasteiger partial charge in [-0.05, 0) is 47.7 Å². The SMILES string of the molecule is NNC(Cc1ccsc1)Cc1ccn(C2CCCCC2)n1. The van der Waals surface area contributed by atoms with Crippen LogP contribution in [0.25, 0.3) is 0 Å². The Bertz CT molecular complexity index is 528. The van der Waals surface area contributed by atoms with Gasteiger partial charge in [-0.2, -0.15) is 16.4 Å². The van der Waals surface area contributed by atoms with Gasteiger partial charge in [-0.3, -0.25) is 16.0 Å². The maximum Gasteiger partial charge on any atom is 0.0640 e. The Kier molecular flexibility index (Phi) is 5.06. The number of rotatable bonds is 6. The number of hydrogen-bond acceptors (Lipinski definition) is 4. The molecule has 1 unspecified atom stereocenters. The largest absolute Gasteiger partial charge is 0.271 e. The molecule has 0 amide bonds. The lowest BCUT2D eigenvalue weighted by molar-refractivity contribution is 0.327. The molecule has 2 aromatic heterocycles. The Balaban J connectivity index is 1.59. The summed E-state index contributed by atoms with van der Waals surface area (Å²) in [6, 6.07) is 5.16. The van der Waals surface area contributed by atoms with Gasteiger partial charge >= 0.3 is 0 Å². The summed E-state index contributed by atoms with van der Waals surface area (Å²) in [5, 5.41) is 9.07. The molecule has 114 valence electrons. The summed E-state index contributed by atoms with van der Waals surface area (Å²) in [5.74, 6) is 5.71. The van der Waals surface area contributed by atoms with Crippen LogP contribution >= 0.6 is 11.3 Å². The highest BCUT2D eigenvalue weighted by atomic mass is 32.1. The summed E-state index contributed by atoms with van der Waals surface area (Å²) in [7, 11) is 0. The number of hydrazine groups is 1. The molecule has 5 heteroatoms. The highest BCUT2D eigenvalue weighted by Crippen LogP contribution is 2.27. The van der Waals surface area contributed by atoms with Crippen molar-refractivity contribution in [3.63, 3.8) is 0 Å². The first-order valence-electron chi connectivity index (χ1n) is 7.86. The zero-order valence-electron chi connectivity index (χ0n) is 12.4. The standard InChI is InChI=1S/C16H24N4S/c17-18-15(10-13-7-9-21-12-13)11-14-6-8-20(19-14)16-4-2-1-3-5-16/h6-9,12,15-16,18H,1-5,10-11,17H2. The van der Waals surface area contributed by atoms with E-state index in [4.69, 9.17) is 10.9 Å².